The SMILES string of the molecule is Cc1nc(CC(C)C)c(CN)c(-c2ccc(CN)cc2)c1NC(=O)c1sccc1C(=O)O.Cl.Cl. The fourth-order valence-electron chi connectivity index (χ4n) is 3.68. The Bertz CT molecular complexity index is 1150. The maximum absolute atomic E-state index is 13.1. The van der Waals surface area contributed by atoms with E-state index >= 15 is 0 Å². The smallest absolute Gasteiger partial charge is 0.337 e. The van der Waals surface area contributed by atoms with Crippen LogP contribution in [0.4, 0.5) is 5.69 Å². The van der Waals surface area contributed by atoms with E-state index in [1.807, 2.05) is 31.2 Å². The van der Waals surface area contributed by atoms with Gasteiger partial charge in [0.05, 0.1) is 16.9 Å². The minimum atomic E-state index is -1.14. The molecule has 2 heterocycles. The van der Waals surface area contributed by atoms with Crippen molar-refractivity contribution in [1.82, 2.24) is 4.98 Å². The second-order valence-electron chi connectivity index (χ2n) is 8.00. The third-order valence-corrected chi connectivity index (χ3v) is 6.10. The number of nitrogens with zero attached hydrogens (tertiary/aromatic N) is 1. The van der Waals surface area contributed by atoms with E-state index in [1.54, 1.807) is 5.38 Å². The number of anilines is 1. The number of nitrogens with two attached hydrogens (primary N) is 2. The first-order valence-corrected chi connectivity index (χ1v) is 11.3. The van der Waals surface area contributed by atoms with E-state index in [-0.39, 0.29) is 41.8 Å². The van der Waals surface area contributed by atoms with Crippen molar-refractivity contribution in [3.63, 3.8) is 0 Å². The number of carbonyl (C=O) groups is 2. The molecule has 10 heteroatoms. The van der Waals surface area contributed by atoms with Gasteiger partial charge in [-0.15, -0.1) is 36.2 Å². The van der Waals surface area contributed by atoms with Gasteiger partial charge in [-0.25, -0.2) is 4.79 Å². The number of aryl methyl sites for hydroxylation is 1. The van der Waals surface area contributed by atoms with E-state index < -0.39 is 11.9 Å². The normalized spacial score (nSPS) is 10.4. The van der Waals surface area contributed by atoms with Gasteiger partial charge in [-0.2, -0.15) is 0 Å². The quantitative estimate of drug-likeness (QED) is 0.326. The van der Waals surface area contributed by atoms with Crippen molar-refractivity contribution in [2.45, 2.75) is 40.3 Å². The fraction of sp³-hybridized carbons (Fsp3) is 0.292. The van der Waals surface area contributed by atoms with E-state index in [4.69, 9.17) is 16.5 Å². The van der Waals surface area contributed by atoms with Gasteiger partial charge in [0.15, 0.2) is 0 Å². The van der Waals surface area contributed by atoms with E-state index in [0.29, 0.717) is 23.8 Å². The second-order valence-corrected chi connectivity index (χ2v) is 8.91. The van der Waals surface area contributed by atoms with E-state index in [0.717, 1.165) is 45.7 Å². The number of aromatic nitrogens is 1. The molecule has 0 fully saturated rings. The molecule has 3 rings (SSSR count). The molecule has 0 saturated heterocycles. The molecule has 0 aliphatic carbocycles. The first-order valence-electron chi connectivity index (χ1n) is 10.4. The summed E-state index contributed by atoms with van der Waals surface area (Å²) < 4.78 is 0. The molecular weight excluding hydrogens is 495 g/mol. The van der Waals surface area contributed by atoms with Crippen LogP contribution in [0.3, 0.4) is 0 Å². The topological polar surface area (TPSA) is 131 Å². The van der Waals surface area contributed by atoms with Crippen LogP contribution in [0.5, 0.6) is 0 Å². The van der Waals surface area contributed by atoms with Gasteiger partial charge in [-0.05, 0) is 47.4 Å². The molecule has 2 aromatic heterocycles. The molecule has 0 spiro atoms. The Kier molecular flexibility index (Phi) is 11.1. The summed E-state index contributed by atoms with van der Waals surface area (Å²) in [6.07, 6.45) is 0.754. The number of nitrogens with one attached hydrogen (secondary N) is 1. The second kappa shape index (κ2) is 12.8. The highest BCUT2D eigenvalue weighted by Gasteiger charge is 2.24. The van der Waals surface area contributed by atoms with Gasteiger partial charge >= 0.3 is 5.97 Å². The summed E-state index contributed by atoms with van der Waals surface area (Å²) in [7, 11) is 0. The fourth-order valence-corrected chi connectivity index (χ4v) is 4.46. The monoisotopic (exact) mass is 524 g/mol. The van der Waals surface area contributed by atoms with Crippen molar-refractivity contribution in [2.24, 2.45) is 17.4 Å². The minimum absolute atomic E-state index is 0. The average molecular weight is 526 g/mol. The maximum atomic E-state index is 13.1. The zero-order valence-electron chi connectivity index (χ0n) is 19.3. The number of aromatic carboxylic acids is 1. The number of benzene rings is 1. The van der Waals surface area contributed by atoms with Crippen molar-refractivity contribution in [3.8, 4) is 11.1 Å². The third-order valence-electron chi connectivity index (χ3n) is 5.19. The lowest BCUT2D eigenvalue weighted by atomic mass is 9.92. The van der Waals surface area contributed by atoms with Crippen molar-refractivity contribution in [1.29, 1.82) is 0 Å². The third kappa shape index (κ3) is 6.34. The van der Waals surface area contributed by atoms with Crippen LogP contribution in [0, 0.1) is 12.8 Å². The number of amides is 1. The highest BCUT2D eigenvalue weighted by molar-refractivity contribution is 7.12. The van der Waals surface area contributed by atoms with Crippen LogP contribution in [-0.4, -0.2) is 22.0 Å². The Labute approximate surface area is 215 Å². The zero-order valence-corrected chi connectivity index (χ0v) is 21.7. The standard InChI is InChI=1S/C24H28N4O3S.2ClH/c1-13(2)10-19-18(12-26)20(16-6-4-15(11-25)5-7-16)21(14(3)27-19)28-23(29)22-17(24(30)31)8-9-32-22;;/h4-9,13H,10-12,25-26H2,1-3H3,(H,28,29)(H,30,31);2*1H. The van der Waals surface area contributed by atoms with Crippen molar-refractivity contribution in [3.05, 3.63) is 68.7 Å². The van der Waals surface area contributed by atoms with Crippen LogP contribution >= 0.6 is 36.2 Å². The predicted molar refractivity (Wildman–Crippen MR) is 142 cm³/mol. The van der Waals surface area contributed by atoms with Crippen LogP contribution in [0.2, 0.25) is 0 Å². The number of hydrogen-bond acceptors (Lipinski definition) is 6. The summed E-state index contributed by atoms with van der Waals surface area (Å²) in [6.45, 7) is 6.76. The van der Waals surface area contributed by atoms with Gasteiger partial charge in [-0.1, -0.05) is 38.1 Å². The van der Waals surface area contributed by atoms with Gasteiger partial charge in [0, 0.05) is 24.3 Å². The number of hydrogen-bond donors (Lipinski definition) is 4. The van der Waals surface area contributed by atoms with Crippen LogP contribution in [0.1, 0.15) is 56.4 Å². The Hall–Kier alpha value is -2.49. The number of rotatable bonds is 8. The molecule has 0 unspecified atom stereocenters. The van der Waals surface area contributed by atoms with Crippen LogP contribution in [0.15, 0.2) is 35.7 Å². The molecule has 0 bridgehead atoms. The Morgan fingerprint density at radius 3 is 2.26 bits per heavy atom. The van der Waals surface area contributed by atoms with Gasteiger partial charge < -0.3 is 21.9 Å². The lowest BCUT2D eigenvalue weighted by Crippen LogP contribution is -2.18. The van der Waals surface area contributed by atoms with Gasteiger partial charge in [0.25, 0.3) is 5.91 Å². The molecule has 7 nitrogen and oxygen atoms in total. The molecule has 3 aromatic rings. The molecule has 1 amide bonds. The Morgan fingerprint density at radius 1 is 1.09 bits per heavy atom. The Morgan fingerprint density at radius 2 is 1.74 bits per heavy atom. The molecule has 184 valence electrons. The maximum Gasteiger partial charge on any atom is 0.337 e. The predicted octanol–water partition coefficient (Wildman–Crippen LogP) is 5.03. The largest absolute Gasteiger partial charge is 0.478 e. The minimum Gasteiger partial charge on any atom is -0.478 e. The van der Waals surface area contributed by atoms with E-state index in [1.165, 1.54) is 6.07 Å². The summed E-state index contributed by atoms with van der Waals surface area (Å²) >= 11 is 1.09. The molecule has 0 aliphatic rings. The van der Waals surface area contributed by atoms with Crippen molar-refractivity contribution in [2.75, 3.05) is 5.32 Å². The molecule has 0 aliphatic heterocycles. The highest BCUT2D eigenvalue weighted by Crippen LogP contribution is 2.36. The van der Waals surface area contributed by atoms with Crippen molar-refractivity contribution < 1.29 is 14.7 Å². The molecule has 0 atom stereocenters. The zero-order chi connectivity index (χ0) is 23.4. The summed E-state index contributed by atoms with van der Waals surface area (Å²) in [5, 5.41) is 13.9. The van der Waals surface area contributed by atoms with Crippen LogP contribution in [-0.2, 0) is 19.5 Å². The van der Waals surface area contributed by atoms with E-state index in [9.17, 15) is 14.7 Å². The van der Waals surface area contributed by atoms with E-state index in [2.05, 4.69) is 19.2 Å². The Balaban J connectivity index is 0.00000289. The number of halogens is 2. The number of carboxylic acids is 1. The summed E-state index contributed by atoms with van der Waals surface area (Å²) in [5.41, 5.74) is 17.5. The van der Waals surface area contributed by atoms with Gasteiger partial charge in [-0.3, -0.25) is 9.78 Å². The van der Waals surface area contributed by atoms with Gasteiger partial charge in [0.2, 0.25) is 0 Å². The van der Waals surface area contributed by atoms with Gasteiger partial charge in [0.1, 0.15) is 4.88 Å². The first-order chi connectivity index (χ1) is 15.3. The molecule has 0 saturated carbocycles. The summed E-state index contributed by atoms with van der Waals surface area (Å²) in [5.74, 6) is -1.25. The first kappa shape index (κ1) is 29.5. The van der Waals surface area contributed by atoms with Crippen LogP contribution < -0.4 is 16.8 Å². The lowest BCUT2D eigenvalue weighted by molar-refractivity contribution is 0.0693. The van der Waals surface area contributed by atoms with Crippen LogP contribution in [0.25, 0.3) is 11.1 Å². The average Bonchev–Trinajstić information content (AvgIpc) is 3.25. The summed E-state index contributed by atoms with van der Waals surface area (Å²) in [4.78, 5) is 29.5. The number of carboxylic acid groups (broad SMARTS) is 1. The molecule has 34 heavy (non-hydrogen) atoms. The molecule has 1 aromatic carbocycles. The lowest BCUT2D eigenvalue weighted by Gasteiger charge is -2.21. The molecular formula is C24H30Cl2N4O3S. The highest BCUT2D eigenvalue weighted by atomic mass is 35.5. The number of thiophene rings is 1. The molecule has 6 N–H and O–H groups in total. The number of carbonyl (C=O) groups excluding carboxylic acids is 1. The number of pyridine rings is 1. The summed E-state index contributed by atoms with van der Waals surface area (Å²) in [6, 6.07) is 9.23. The van der Waals surface area contributed by atoms with Crippen molar-refractivity contribution >= 4 is 53.7 Å². The molecule has 0 radical (unpaired) electrons.